The molecule has 120 valence electrons. The van der Waals surface area contributed by atoms with Crippen molar-refractivity contribution in [2.24, 2.45) is 0 Å². The van der Waals surface area contributed by atoms with Crippen LogP contribution < -0.4 is 11.1 Å². The van der Waals surface area contributed by atoms with Crippen LogP contribution in [0.2, 0.25) is 0 Å². The fraction of sp³-hybridized carbons (Fsp3) is 0.389. The highest BCUT2D eigenvalue weighted by Gasteiger charge is 2.24. The number of thiophene rings is 1. The van der Waals surface area contributed by atoms with Crippen molar-refractivity contribution < 1.29 is 9.53 Å². The second kappa shape index (κ2) is 5.98. The van der Waals surface area contributed by atoms with Crippen molar-refractivity contribution in [3.8, 4) is 0 Å². The molecule has 2 aromatic rings. The molecule has 1 aliphatic heterocycles. The zero-order valence-corrected chi connectivity index (χ0v) is 13.7. The molecule has 0 saturated carbocycles. The van der Waals surface area contributed by atoms with Gasteiger partial charge in [-0.15, -0.1) is 11.3 Å². The molecule has 4 rings (SSSR count). The van der Waals surface area contributed by atoms with Crippen molar-refractivity contribution in [2.75, 3.05) is 12.3 Å². The van der Waals surface area contributed by atoms with E-state index in [1.807, 2.05) is 18.2 Å². The molecule has 1 aromatic carbocycles. The number of amides is 1. The van der Waals surface area contributed by atoms with E-state index in [0.717, 1.165) is 42.9 Å². The highest BCUT2D eigenvalue weighted by Crippen LogP contribution is 2.32. The lowest BCUT2D eigenvalue weighted by molar-refractivity contribution is 0.0936. The predicted octanol–water partition coefficient (Wildman–Crippen LogP) is 3.21. The Morgan fingerprint density at radius 1 is 1.26 bits per heavy atom. The van der Waals surface area contributed by atoms with Gasteiger partial charge < -0.3 is 15.8 Å². The maximum atomic E-state index is 12.6. The molecule has 0 radical (unpaired) electrons. The van der Waals surface area contributed by atoms with Gasteiger partial charge in [-0.3, -0.25) is 4.79 Å². The van der Waals surface area contributed by atoms with Gasteiger partial charge in [0.2, 0.25) is 0 Å². The fourth-order valence-electron chi connectivity index (χ4n) is 3.47. The Morgan fingerprint density at radius 2 is 2.17 bits per heavy atom. The average molecular weight is 328 g/mol. The first-order valence-electron chi connectivity index (χ1n) is 8.09. The predicted molar refractivity (Wildman–Crippen MR) is 91.7 cm³/mol. The van der Waals surface area contributed by atoms with Crippen LogP contribution in [0.4, 0.5) is 5.69 Å². The topological polar surface area (TPSA) is 64.3 Å². The third kappa shape index (κ3) is 2.86. The molecule has 1 aliphatic carbocycles. The van der Waals surface area contributed by atoms with E-state index in [2.05, 4.69) is 11.4 Å². The van der Waals surface area contributed by atoms with E-state index in [0.29, 0.717) is 6.61 Å². The number of rotatable bonds is 2. The van der Waals surface area contributed by atoms with Gasteiger partial charge in [-0.2, -0.15) is 0 Å². The summed E-state index contributed by atoms with van der Waals surface area (Å²) in [4.78, 5) is 14.7. The lowest BCUT2D eigenvalue weighted by Gasteiger charge is -2.26. The molecule has 3 N–H and O–H groups in total. The van der Waals surface area contributed by atoms with Gasteiger partial charge in [0.15, 0.2) is 0 Å². The Bertz CT molecular complexity index is 730. The molecule has 4 nitrogen and oxygen atoms in total. The normalized spacial score (nSPS) is 19.7. The summed E-state index contributed by atoms with van der Waals surface area (Å²) in [5, 5.41) is 3.21. The highest BCUT2D eigenvalue weighted by atomic mass is 32.1. The van der Waals surface area contributed by atoms with Crippen LogP contribution in [0.1, 0.15) is 50.1 Å². The number of hydrogen-bond donors (Lipinski definition) is 2. The number of carbonyl (C=O) groups excluding carboxylic acids is 1. The van der Waals surface area contributed by atoms with Gasteiger partial charge in [-0.25, -0.2) is 0 Å². The summed E-state index contributed by atoms with van der Waals surface area (Å²) in [6.45, 7) is 1.39. The zero-order valence-electron chi connectivity index (χ0n) is 12.9. The number of aryl methyl sites for hydroxylation is 1. The third-order valence-electron chi connectivity index (χ3n) is 4.64. The van der Waals surface area contributed by atoms with Gasteiger partial charge in [0.05, 0.1) is 24.1 Å². The van der Waals surface area contributed by atoms with Crippen molar-refractivity contribution in [1.29, 1.82) is 0 Å². The minimum absolute atomic E-state index is 0.0269. The minimum Gasteiger partial charge on any atom is -0.399 e. The molecule has 1 amide bonds. The summed E-state index contributed by atoms with van der Waals surface area (Å²) in [5.41, 5.74) is 10.3. The maximum Gasteiger partial charge on any atom is 0.261 e. The first kappa shape index (κ1) is 14.7. The number of anilines is 1. The monoisotopic (exact) mass is 328 g/mol. The van der Waals surface area contributed by atoms with E-state index >= 15 is 0 Å². The van der Waals surface area contributed by atoms with Crippen molar-refractivity contribution in [3.05, 3.63) is 50.7 Å². The summed E-state index contributed by atoms with van der Waals surface area (Å²) in [7, 11) is 0. The fourth-order valence-corrected chi connectivity index (χ4v) is 4.53. The highest BCUT2D eigenvalue weighted by molar-refractivity contribution is 7.14. The first-order valence-corrected chi connectivity index (χ1v) is 8.91. The number of ether oxygens (including phenoxy) is 1. The molecular weight excluding hydrogens is 308 g/mol. The molecule has 2 heterocycles. The van der Waals surface area contributed by atoms with Crippen LogP contribution in [0.15, 0.2) is 24.3 Å². The average Bonchev–Trinajstić information content (AvgIpc) is 2.99. The Kier molecular flexibility index (Phi) is 3.83. The van der Waals surface area contributed by atoms with Crippen LogP contribution in [0.5, 0.6) is 0 Å². The molecule has 1 aromatic heterocycles. The maximum absolute atomic E-state index is 12.6. The van der Waals surface area contributed by atoms with Crippen LogP contribution in [0, 0.1) is 0 Å². The van der Waals surface area contributed by atoms with Crippen LogP contribution in [-0.4, -0.2) is 12.5 Å². The Balaban J connectivity index is 1.54. The van der Waals surface area contributed by atoms with Crippen molar-refractivity contribution in [1.82, 2.24) is 5.32 Å². The lowest BCUT2D eigenvalue weighted by Crippen LogP contribution is -2.30. The van der Waals surface area contributed by atoms with Crippen molar-refractivity contribution in [3.63, 3.8) is 0 Å². The van der Waals surface area contributed by atoms with Crippen LogP contribution in [-0.2, 0) is 24.2 Å². The lowest BCUT2D eigenvalue weighted by atomic mass is 9.87. The molecule has 5 heteroatoms. The first-order chi connectivity index (χ1) is 11.2. The van der Waals surface area contributed by atoms with Gasteiger partial charge in [-0.05, 0) is 54.2 Å². The SMILES string of the molecule is Nc1ccc2c(c1)CCCC2NC(=O)c1cc2c(s1)CCOC2. The second-order valence-corrected chi connectivity index (χ2v) is 7.37. The molecule has 23 heavy (non-hydrogen) atoms. The van der Waals surface area contributed by atoms with Crippen molar-refractivity contribution >= 4 is 22.9 Å². The summed E-state index contributed by atoms with van der Waals surface area (Å²) in [5.74, 6) is 0.0269. The van der Waals surface area contributed by atoms with E-state index in [1.54, 1.807) is 11.3 Å². The summed E-state index contributed by atoms with van der Waals surface area (Å²) < 4.78 is 5.46. The van der Waals surface area contributed by atoms with Crippen molar-refractivity contribution in [2.45, 2.75) is 38.3 Å². The van der Waals surface area contributed by atoms with E-state index in [1.165, 1.54) is 21.6 Å². The van der Waals surface area contributed by atoms with Crippen LogP contribution >= 0.6 is 11.3 Å². The number of fused-ring (bicyclic) bond motifs is 2. The quantitative estimate of drug-likeness (QED) is 0.832. The Morgan fingerprint density at radius 3 is 3.04 bits per heavy atom. The number of nitrogen functional groups attached to an aromatic ring is 1. The number of benzene rings is 1. The zero-order chi connectivity index (χ0) is 15.8. The molecule has 0 fully saturated rings. The number of hydrogen-bond acceptors (Lipinski definition) is 4. The van der Waals surface area contributed by atoms with Gasteiger partial charge in [0.1, 0.15) is 0 Å². The number of carbonyl (C=O) groups is 1. The summed E-state index contributed by atoms with van der Waals surface area (Å²) in [6, 6.07) is 8.09. The molecule has 0 spiro atoms. The third-order valence-corrected chi connectivity index (χ3v) is 5.87. The van der Waals surface area contributed by atoms with Gasteiger partial charge in [0.25, 0.3) is 5.91 Å². The van der Waals surface area contributed by atoms with Crippen LogP contribution in [0.25, 0.3) is 0 Å². The van der Waals surface area contributed by atoms with E-state index in [-0.39, 0.29) is 11.9 Å². The summed E-state index contributed by atoms with van der Waals surface area (Å²) >= 11 is 1.60. The van der Waals surface area contributed by atoms with E-state index in [9.17, 15) is 4.79 Å². The molecular formula is C18H20N2O2S. The largest absolute Gasteiger partial charge is 0.399 e. The molecule has 0 bridgehead atoms. The Hall–Kier alpha value is -1.85. The number of nitrogens with one attached hydrogen (secondary N) is 1. The molecule has 0 saturated heterocycles. The molecule has 2 aliphatic rings. The smallest absolute Gasteiger partial charge is 0.261 e. The van der Waals surface area contributed by atoms with E-state index in [4.69, 9.17) is 10.5 Å². The van der Waals surface area contributed by atoms with E-state index < -0.39 is 0 Å². The van der Waals surface area contributed by atoms with Gasteiger partial charge in [0, 0.05) is 17.0 Å². The molecule has 1 atom stereocenters. The van der Waals surface area contributed by atoms with Gasteiger partial charge >= 0.3 is 0 Å². The van der Waals surface area contributed by atoms with Crippen LogP contribution in [0.3, 0.4) is 0 Å². The minimum atomic E-state index is 0.0269. The second-order valence-electron chi connectivity index (χ2n) is 6.24. The number of nitrogens with two attached hydrogens (primary N) is 1. The summed E-state index contributed by atoms with van der Waals surface area (Å²) in [6.07, 6.45) is 4.02. The molecule has 1 unspecified atom stereocenters. The Labute approximate surface area is 139 Å². The standard InChI is InChI=1S/C18H20N2O2S/c19-13-4-5-14-11(8-13)2-1-3-15(14)20-18(21)17-9-12-10-22-7-6-16(12)23-17/h4-5,8-9,15H,1-3,6-7,10,19H2,(H,20,21). The van der Waals surface area contributed by atoms with Gasteiger partial charge in [-0.1, -0.05) is 6.07 Å².